The predicted octanol–water partition coefficient (Wildman–Crippen LogP) is 1.52. The number of carboxylic acids is 1. The van der Waals surface area contributed by atoms with Crippen LogP contribution >= 0.6 is 11.6 Å². The molecule has 0 aliphatic carbocycles. The Bertz CT molecular complexity index is 355. The highest BCUT2D eigenvalue weighted by atomic mass is 35.5. The molecule has 1 rings (SSSR count). The molecule has 0 fully saturated rings. The number of aryl methyl sites for hydroxylation is 1. The Morgan fingerprint density at radius 2 is 2.43 bits per heavy atom. The fraction of sp³-hybridized carbons (Fsp3) is 0.333. The molecule has 0 aliphatic rings. The molecule has 0 aromatic carbocycles. The van der Waals surface area contributed by atoms with Crippen molar-refractivity contribution in [1.29, 1.82) is 0 Å². The van der Waals surface area contributed by atoms with Crippen LogP contribution in [0.15, 0.2) is 12.3 Å². The van der Waals surface area contributed by atoms with Gasteiger partial charge in [-0.05, 0) is 24.1 Å². The van der Waals surface area contributed by atoms with E-state index in [1.165, 1.54) is 6.20 Å². The van der Waals surface area contributed by atoms with Gasteiger partial charge >= 0.3 is 5.97 Å². The van der Waals surface area contributed by atoms with Gasteiger partial charge < -0.3 is 10.8 Å². The average Bonchev–Trinajstić information content (AvgIpc) is 2.01. The van der Waals surface area contributed by atoms with Gasteiger partial charge in [0.25, 0.3) is 0 Å². The van der Waals surface area contributed by atoms with Crippen molar-refractivity contribution < 1.29 is 9.90 Å². The summed E-state index contributed by atoms with van der Waals surface area (Å²) in [6, 6.07) is 1.13. The summed E-state index contributed by atoms with van der Waals surface area (Å²) in [6.07, 6.45) is 1.41. The number of hydrogen-bond donors (Lipinski definition) is 2. The maximum Gasteiger partial charge on any atom is 0.305 e. The second kappa shape index (κ2) is 4.39. The van der Waals surface area contributed by atoms with Crippen LogP contribution in [0.4, 0.5) is 0 Å². The van der Waals surface area contributed by atoms with E-state index in [4.69, 9.17) is 22.4 Å². The van der Waals surface area contributed by atoms with Gasteiger partial charge in [0.05, 0.1) is 6.42 Å². The molecule has 14 heavy (non-hydrogen) atoms. The molecule has 4 nitrogen and oxygen atoms in total. The van der Waals surface area contributed by atoms with E-state index in [9.17, 15) is 4.79 Å². The molecule has 0 saturated heterocycles. The normalized spacial score (nSPS) is 12.5. The van der Waals surface area contributed by atoms with Gasteiger partial charge in [-0.15, -0.1) is 0 Å². The molecule has 0 radical (unpaired) electrons. The number of nitrogens with two attached hydrogens (primary N) is 1. The van der Waals surface area contributed by atoms with Crippen molar-refractivity contribution in [2.75, 3.05) is 0 Å². The molecule has 0 bridgehead atoms. The van der Waals surface area contributed by atoms with E-state index in [0.717, 1.165) is 11.1 Å². The summed E-state index contributed by atoms with van der Waals surface area (Å²) in [4.78, 5) is 14.3. The van der Waals surface area contributed by atoms with Crippen molar-refractivity contribution in [2.45, 2.75) is 19.4 Å². The lowest BCUT2D eigenvalue weighted by atomic mass is 10.0. The monoisotopic (exact) mass is 214 g/mol. The number of nitrogens with zero attached hydrogens (tertiary/aromatic N) is 1. The van der Waals surface area contributed by atoms with Gasteiger partial charge in [0.2, 0.25) is 0 Å². The quantitative estimate of drug-likeness (QED) is 0.748. The van der Waals surface area contributed by atoms with Crippen LogP contribution in [0, 0.1) is 6.92 Å². The summed E-state index contributed by atoms with van der Waals surface area (Å²) in [6.45, 7) is 1.82. The number of rotatable bonds is 3. The summed E-state index contributed by atoms with van der Waals surface area (Å²) in [5.74, 6) is -0.924. The number of carboxylic acid groups (broad SMARTS) is 1. The predicted molar refractivity (Wildman–Crippen MR) is 53.2 cm³/mol. The first-order chi connectivity index (χ1) is 6.50. The third-order valence-corrected chi connectivity index (χ3v) is 2.12. The Kier molecular flexibility index (Phi) is 3.43. The Morgan fingerprint density at radius 1 is 1.79 bits per heavy atom. The summed E-state index contributed by atoms with van der Waals surface area (Å²) < 4.78 is 0. The van der Waals surface area contributed by atoms with E-state index in [2.05, 4.69) is 4.98 Å². The second-order valence-corrected chi connectivity index (χ2v) is 3.46. The van der Waals surface area contributed by atoms with E-state index in [1.54, 1.807) is 6.07 Å². The topological polar surface area (TPSA) is 76.2 Å². The molecule has 1 heterocycles. The molecule has 1 aromatic heterocycles. The molecule has 76 valence electrons. The average molecular weight is 215 g/mol. The lowest BCUT2D eigenvalue weighted by Gasteiger charge is -2.11. The third-order valence-electron chi connectivity index (χ3n) is 1.91. The van der Waals surface area contributed by atoms with Crippen molar-refractivity contribution in [1.82, 2.24) is 4.98 Å². The van der Waals surface area contributed by atoms with Gasteiger partial charge in [-0.25, -0.2) is 4.98 Å². The molecule has 0 amide bonds. The van der Waals surface area contributed by atoms with E-state index in [1.807, 2.05) is 6.92 Å². The van der Waals surface area contributed by atoms with Gasteiger partial charge in [0.15, 0.2) is 0 Å². The third kappa shape index (κ3) is 2.68. The van der Waals surface area contributed by atoms with Gasteiger partial charge in [0.1, 0.15) is 5.15 Å². The van der Waals surface area contributed by atoms with E-state index in [-0.39, 0.29) is 6.42 Å². The van der Waals surface area contributed by atoms with Crippen LogP contribution in [0.2, 0.25) is 5.15 Å². The van der Waals surface area contributed by atoms with Crippen molar-refractivity contribution >= 4 is 17.6 Å². The summed E-state index contributed by atoms with van der Waals surface area (Å²) in [7, 11) is 0. The first-order valence-corrected chi connectivity index (χ1v) is 4.48. The summed E-state index contributed by atoms with van der Waals surface area (Å²) in [5, 5.41) is 8.95. The van der Waals surface area contributed by atoms with Crippen molar-refractivity contribution in [3.8, 4) is 0 Å². The summed E-state index contributed by atoms with van der Waals surface area (Å²) >= 11 is 5.66. The van der Waals surface area contributed by atoms with E-state index < -0.39 is 12.0 Å². The number of halogens is 1. The van der Waals surface area contributed by atoms with Crippen LogP contribution in [0.25, 0.3) is 0 Å². The van der Waals surface area contributed by atoms with Crippen molar-refractivity contribution in [2.24, 2.45) is 5.73 Å². The smallest absolute Gasteiger partial charge is 0.305 e. The Morgan fingerprint density at radius 3 is 2.93 bits per heavy atom. The minimum atomic E-state index is -0.924. The number of aromatic nitrogens is 1. The molecule has 1 atom stereocenters. The van der Waals surface area contributed by atoms with Gasteiger partial charge in [-0.2, -0.15) is 0 Å². The van der Waals surface area contributed by atoms with E-state index >= 15 is 0 Å². The highest BCUT2D eigenvalue weighted by molar-refractivity contribution is 6.29. The zero-order chi connectivity index (χ0) is 10.7. The fourth-order valence-electron chi connectivity index (χ4n) is 1.22. The molecule has 0 aliphatic heterocycles. The number of hydrogen-bond acceptors (Lipinski definition) is 3. The minimum Gasteiger partial charge on any atom is -0.481 e. The highest BCUT2D eigenvalue weighted by Crippen LogP contribution is 2.19. The number of carbonyl (C=O) groups is 1. The largest absolute Gasteiger partial charge is 0.481 e. The van der Waals surface area contributed by atoms with Crippen LogP contribution in [-0.2, 0) is 4.79 Å². The molecule has 0 saturated carbocycles. The SMILES string of the molecule is Cc1cc(Cl)ncc1[C@H](N)CC(=O)O. The molecule has 5 heteroatoms. The molecule has 0 spiro atoms. The van der Waals surface area contributed by atoms with Crippen LogP contribution in [0.5, 0.6) is 0 Å². The molecule has 3 N–H and O–H groups in total. The zero-order valence-corrected chi connectivity index (χ0v) is 8.45. The summed E-state index contributed by atoms with van der Waals surface area (Å²) in [5.41, 5.74) is 7.26. The number of aliphatic carboxylic acids is 1. The lowest BCUT2D eigenvalue weighted by molar-refractivity contribution is -0.137. The lowest BCUT2D eigenvalue weighted by Crippen LogP contribution is -2.16. The van der Waals surface area contributed by atoms with Crippen LogP contribution in [0.3, 0.4) is 0 Å². The van der Waals surface area contributed by atoms with Gasteiger partial charge in [-0.3, -0.25) is 4.79 Å². The van der Waals surface area contributed by atoms with Crippen molar-refractivity contribution in [3.63, 3.8) is 0 Å². The van der Waals surface area contributed by atoms with E-state index in [0.29, 0.717) is 5.15 Å². The molecular weight excluding hydrogens is 204 g/mol. The highest BCUT2D eigenvalue weighted by Gasteiger charge is 2.13. The van der Waals surface area contributed by atoms with Gasteiger partial charge in [0, 0.05) is 12.2 Å². The Hall–Kier alpha value is -1.13. The second-order valence-electron chi connectivity index (χ2n) is 3.07. The van der Waals surface area contributed by atoms with Crippen molar-refractivity contribution in [3.05, 3.63) is 28.5 Å². The molecule has 1 aromatic rings. The zero-order valence-electron chi connectivity index (χ0n) is 7.70. The Labute approximate surface area is 86.7 Å². The Balaban J connectivity index is 2.90. The molecular formula is C9H11ClN2O2. The molecule has 0 unspecified atom stereocenters. The fourth-order valence-corrected chi connectivity index (χ4v) is 1.43. The maximum atomic E-state index is 10.4. The first-order valence-electron chi connectivity index (χ1n) is 4.10. The van der Waals surface area contributed by atoms with Crippen LogP contribution in [-0.4, -0.2) is 16.1 Å². The standard InChI is InChI=1S/C9H11ClN2O2/c1-5-2-8(10)12-4-6(5)7(11)3-9(13)14/h2,4,7H,3,11H2,1H3,(H,13,14)/t7-/m1/s1. The number of pyridine rings is 1. The van der Waals surface area contributed by atoms with Crippen LogP contribution < -0.4 is 5.73 Å². The van der Waals surface area contributed by atoms with Gasteiger partial charge in [-0.1, -0.05) is 11.6 Å². The maximum absolute atomic E-state index is 10.4. The first kappa shape index (κ1) is 10.9. The minimum absolute atomic E-state index is 0.107. The van der Waals surface area contributed by atoms with Crippen LogP contribution in [0.1, 0.15) is 23.6 Å².